The Balaban J connectivity index is 2.56. The first-order valence-corrected chi connectivity index (χ1v) is 4.69. The van der Waals surface area contributed by atoms with Gasteiger partial charge in [0.1, 0.15) is 5.50 Å². The van der Waals surface area contributed by atoms with Crippen molar-refractivity contribution in [3.63, 3.8) is 0 Å². The molecule has 0 aliphatic carbocycles. The Morgan fingerprint density at radius 1 is 1.60 bits per heavy atom. The van der Waals surface area contributed by atoms with Crippen LogP contribution in [0.1, 0.15) is 26.7 Å². The maximum atomic E-state index is 5.64. The summed E-state index contributed by atoms with van der Waals surface area (Å²) in [7, 11) is 0. The van der Waals surface area contributed by atoms with Gasteiger partial charge < -0.3 is 5.73 Å². The summed E-state index contributed by atoms with van der Waals surface area (Å²) in [6, 6.07) is 0. The van der Waals surface area contributed by atoms with Crippen molar-refractivity contribution in [2.45, 2.75) is 37.4 Å². The van der Waals surface area contributed by atoms with E-state index in [0.717, 1.165) is 12.8 Å². The van der Waals surface area contributed by atoms with Gasteiger partial charge in [0.15, 0.2) is 0 Å². The summed E-state index contributed by atoms with van der Waals surface area (Å²) in [5.74, 6) is 0. The summed E-state index contributed by atoms with van der Waals surface area (Å²) < 4.78 is 0. The largest absolute Gasteiger partial charge is 0.301 e. The molecule has 1 rings (SSSR count). The van der Waals surface area contributed by atoms with Gasteiger partial charge in [-0.25, -0.2) is 0 Å². The van der Waals surface area contributed by atoms with Crippen LogP contribution >= 0.6 is 11.8 Å². The lowest BCUT2D eigenvalue weighted by atomic mass is 10.2. The standard InChI is InChI=1S/C7H14N2S/c1-3-5-6(4-2)10-7(8)9-5/h6-7H,3-4,8H2,1-2H3. The predicted molar refractivity (Wildman–Crippen MR) is 47.4 cm³/mol. The number of nitrogens with two attached hydrogens (primary N) is 1. The summed E-state index contributed by atoms with van der Waals surface area (Å²) >= 11 is 1.77. The van der Waals surface area contributed by atoms with E-state index in [-0.39, 0.29) is 5.50 Å². The number of nitrogens with zero attached hydrogens (tertiary/aromatic N) is 1. The molecule has 1 aliphatic heterocycles. The zero-order valence-electron chi connectivity index (χ0n) is 6.50. The van der Waals surface area contributed by atoms with Gasteiger partial charge in [0, 0.05) is 11.0 Å². The molecule has 2 atom stereocenters. The van der Waals surface area contributed by atoms with Gasteiger partial charge in [-0.15, -0.1) is 11.8 Å². The molecular formula is C7H14N2S. The van der Waals surface area contributed by atoms with Crippen molar-refractivity contribution in [1.82, 2.24) is 0 Å². The molecule has 0 amide bonds. The van der Waals surface area contributed by atoms with Gasteiger partial charge in [0.25, 0.3) is 0 Å². The second-order valence-electron chi connectivity index (χ2n) is 2.40. The first-order chi connectivity index (χ1) is 4.77. The molecule has 1 aliphatic rings. The van der Waals surface area contributed by atoms with E-state index in [1.807, 2.05) is 0 Å². The van der Waals surface area contributed by atoms with E-state index in [2.05, 4.69) is 18.8 Å². The molecule has 0 fully saturated rings. The van der Waals surface area contributed by atoms with Crippen LogP contribution in [0.5, 0.6) is 0 Å². The third kappa shape index (κ3) is 1.52. The molecule has 58 valence electrons. The van der Waals surface area contributed by atoms with Crippen LogP contribution in [0.25, 0.3) is 0 Å². The molecule has 0 saturated heterocycles. The zero-order chi connectivity index (χ0) is 7.56. The molecule has 0 radical (unpaired) electrons. The average Bonchev–Trinajstić information content (AvgIpc) is 2.30. The molecule has 10 heavy (non-hydrogen) atoms. The highest BCUT2D eigenvalue weighted by Crippen LogP contribution is 2.27. The lowest BCUT2D eigenvalue weighted by Crippen LogP contribution is -2.11. The Bertz CT molecular complexity index is 145. The number of hydrogen-bond donors (Lipinski definition) is 1. The van der Waals surface area contributed by atoms with Crippen LogP contribution in [0.4, 0.5) is 0 Å². The van der Waals surface area contributed by atoms with Crippen molar-refractivity contribution in [2.24, 2.45) is 10.7 Å². The maximum Gasteiger partial charge on any atom is 0.145 e. The monoisotopic (exact) mass is 158 g/mol. The summed E-state index contributed by atoms with van der Waals surface area (Å²) in [4.78, 5) is 4.32. The molecule has 0 spiro atoms. The van der Waals surface area contributed by atoms with Crippen LogP contribution in [0, 0.1) is 0 Å². The first-order valence-electron chi connectivity index (χ1n) is 3.75. The predicted octanol–water partition coefficient (Wildman–Crippen LogP) is 1.61. The van der Waals surface area contributed by atoms with Crippen LogP contribution in [0.15, 0.2) is 4.99 Å². The van der Waals surface area contributed by atoms with Gasteiger partial charge in [0.05, 0.1) is 0 Å². The molecule has 0 aromatic carbocycles. The van der Waals surface area contributed by atoms with E-state index in [0.29, 0.717) is 5.25 Å². The summed E-state index contributed by atoms with van der Waals surface area (Å²) in [5.41, 5.74) is 6.95. The van der Waals surface area contributed by atoms with Crippen molar-refractivity contribution in [3.05, 3.63) is 0 Å². The second-order valence-corrected chi connectivity index (χ2v) is 3.72. The van der Waals surface area contributed by atoms with Crippen molar-refractivity contribution in [3.8, 4) is 0 Å². The first kappa shape index (κ1) is 8.08. The molecule has 1 heterocycles. The van der Waals surface area contributed by atoms with Crippen molar-refractivity contribution >= 4 is 17.5 Å². The van der Waals surface area contributed by atoms with E-state index in [1.54, 1.807) is 11.8 Å². The quantitative estimate of drug-likeness (QED) is 0.663. The fourth-order valence-electron chi connectivity index (χ4n) is 1.17. The summed E-state index contributed by atoms with van der Waals surface area (Å²) in [6.45, 7) is 4.32. The molecule has 2 unspecified atom stereocenters. The fourth-order valence-corrected chi connectivity index (χ4v) is 2.28. The van der Waals surface area contributed by atoms with E-state index < -0.39 is 0 Å². The van der Waals surface area contributed by atoms with Gasteiger partial charge in [0.2, 0.25) is 0 Å². The maximum absolute atomic E-state index is 5.64. The smallest absolute Gasteiger partial charge is 0.145 e. The van der Waals surface area contributed by atoms with Gasteiger partial charge in [-0.3, -0.25) is 4.99 Å². The van der Waals surface area contributed by atoms with Crippen LogP contribution in [-0.2, 0) is 0 Å². The highest BCUT2D eigenvalue weighted by atomic mass is 32.2. The number of hydrogen-bond acceptors (Lipinski definition) is 3. The molecule has 0 aromatic heterocycles. The summed E-state index contributed by atoms with van der Waals surface area (Å²) in [5, 5.41) is 0.597. The van der Waals surface area contributed by atoms with Gasteiger partial charge in [-0.2, -0.15) is 0 Å². The normalized spacial score (nSPS) is 32.5. The molecule has 0 saturated carbocycles. The minimum absolute atomic E-state index is 0.0138. The third-order valence-corrected chi connectivity index (χ3v) is 3.02. The van der Waals surface area contributed by atoms with E-state index in [4.69, 9.17) is 5.73 Å². The molecule has 0 bridgehead atoms. The average molecular weight is 158 g/mol. The number of rotatable bonds is 2. The van der Waals surface area contributed by atoms with Crippen molar-refractivity contribution in [2.75, 3.05) is 0 Å². The van der Waals surface area contributed by atoms with Gasteiger partial charge in [-0.05, 0) is 12.8 Å². The Morgan fingerprint density at radius 3 is 2.70 bits per heavy atom. The highest BCUT2D eigenvalue weighted by Gasteiger charge is 2.22. The van der Waals surface area contributed by atoms with Crippen LogP contribution < -0.4 is 5.73 Å². The number of aliphatic imine (C=N–C) groups is 1. The Hall–Kier alpha value is -0.0200. The van der Waals surface area contributed by atoms with E-state index in [1.165, 1.54) is 5.71 Å². The van der Waals surface area contributed by atoms with Crippen molar-refractivity contribution in [1.29, 1.82) is 0 Å². The van der Waals surface area contributed by atoms with E-state index in [9.17, 15) is 0 Å². The number of thioether (sulfide) groups is 1. The van der Waals surface area contributed by atoms with Gasteiger partial charge >= 0.3 is 0 Å². The molecular weight excluding hydrogens is 144 g/mol. The summed E-state index contributed by atoms with van der Waals surface area (Å²) in [6.07, 6.45) is 2.21. The fraction of sp³-hybridized carbons (Fsp3) is 0.857. The Labute approximate surface area is 66.3 Å². The second kappa shape index (κ2) is 3.39. The zero-order valence-corrected chi connectivity index (χ0v) is 7.32. The SMILES string of the molecule is CCC1=NC(N)SC1CC. The lowest BCUT2D eigenvalue weighted by Gasteiger charge is -2.06. The van der Waals surface area contributed by atoms with E-state index >= 15 is 0 Å². The highest BCUT2D eigenvalue weighted by molar-refractivity contribution is 8.01. The molecule has 0 aromatic rings. The minimum atomic E-state index is 0.0138. The molecule has 2 nitrogen and oxygen atoms in total. The lowest BCUT2D eigenvalue weighted by molar-refractivity contribution is 0.981. The van der Waals surface area contributed by atoms with Crippen LogP contribution in [-0.4, -0.2) is 16.5 Å². The minimum Gasteiger partial charge on any atom is -0.301 e. The Kier molecular flexibility index (Phi) is 2.74. The third-order valence-electron chi connectivity index (χ3n) is 1.70. The van der Waals surface area contributed by atoms with Gasteiger partial charge in [-0.1, -0.05) is 13.8 Å². The van der Waals surface area contributed by atoms with Crippen LogP contribution in [0.3, 0.4) is 0 Å². The topological polar surface area (TPSA) is 38.4 Å². The molecule has 3 heteroatoms. The van der Waals surface area contributed by atoms with Crippen molar-refractivity contribution < 1.29 is 0 Å². The molecule has 2 N–H and O–H groups in total. The van der Waals surface area contributed by atoms with Crippen LogP contribution in [0.2, 0.25) is 0 Å². The Morgan fingerprint density at radius 2 is 2.30 bits per heavy atom.